The van der Waals surface area contributed by atoms with Gasteiger partial charge in [0.25, 0.3) is 0 Å². The fraction of sp³-hybridized carbons (Fsp3) is 0.611. The first-order valence-electron chi connectivity index (χ1n) is 7.91. The minimum Gasteiger partial charge on any atom is -0.426 e. The van der Waals surface area contributed by atoms with Crippen LogP contribution >= 0.6 is 0 Å². The highest BCUT2D eigenvalue weighted by Gasteiger charge is 2.34. The lowest BCUT2D eigenvalue weighted by Gasteiger charge is -2.35. The molecule has 21 heavy (non-hydrogen) atoms. The van der Waals surface area contributed by atoms with E-state index >= 15 is 0 Å². The molecule has 0 amide bonds. The van der Waals surface area contributed by atoms with Crippen LogP contribution in [0.15, 0.2) is 18.2 Å². The minimum absolute atomic E-state index is 0.0357. The number of hydrogen-bond donors (Lipinski definition) is 0. The van der Waals surface area contributed by atoms with Gasteiger partial charge in [-0.1, -0.05) is 12.1 Å². The molecule has 114 valence electrons. The van der Waals surface area contributed by atoms with Gasteiger partial charge in [0.15, 0.2) is 0 Å². The second-order valence-electron chi connectivity index (χ2n) is 7.04. The van der Waals surface area contributed by atoms with E-state index in [1.54, 1.807) is 0 Å². The van der Waals surface area contributed by atoms with Crippen molar-refractivity contribution < 1.29 is 14.3 Å². The summed E-state index contributed by atoms with van der Waals surface area (Å²) in [4.78, 5) is 12.0. The van der Waals surface area contributed by atoms with E-state index in [2.05, 4.69) is 26.0 Å². The standard InChI is InChI=1S/C18H24O3/c1-12-4-7-15(14-8-9-18(2,3)20-11-14)16(10-12)21-17(19)13-5-6-13/h4,7,10,13-14H,5-6,8-9,11H2,1-3H3. The van der Waals surface area contributed by atoms with Crippen molar-refractivity contribution in [1.29, 1.82) is 0 Å². The second kappa shape index (κ2) is 5.45. The molecular weight excluding hydrogens is 264 g/mol. The van der Waals surface area contributed by atoms with Gasteiger partial charge in [-0.2, -0.15) is 0 Å². The molecule has 0 bridgehead atoms. The first kappa shape index (κ1) is 14.6. The molecule has 1 aliphatic heterocycles. The molecule has 2 fully saturated rings. The van der Waals surface area contributed by atoms with Gasteiger partial charge in [0.2, 0.25) is 0 Å². The van der Waals surface area contributed by atoms with Gasteiger partial charge in [0, 0.05) is 11.5 Å². The van der Waals surface area contributed by atoms with Crippen molar-refractivity contribution in [3.8, 4) is 5.75 Å². The lowest BCUT2D eigenvalue weighted by molar-refractivity contribution is -0.135. The average Bonchev–Trinajstić information content (AvgIpc) is 3.24. The fourth-order valence-electron chi connectivity index (χ4n) is 2.83. The molecule has 1 saturated carbocycles. The topological polar surface area (TPSA) is 35.5 Å². The van der Waals surface area contributed by atoms with Crippen LogP contribution in [0, 0.1) is 12.8 Å². The Kier molecular flexibility index (Phi) is 3.78. The number of benzene rings is 1. The van der Waals surface area contributed by atoms with E-state index < -0.39 is 0 Å². The van der Waals surface area contributed by atoms with E-state index in [4.69, 9.17) is 9.47 Å². The van der Waals surface area contributed by atoms with E-state index in [9.17, 15) is 4.79 Å². The fourth-order valence-corrected chi connectivity index (χ4v) is 2.83. The van der Waals surface area contributed by atoms with E-state index in [1.165, 1.54) is 0 Å². The highest BCUT2D eigenvalue weighted by atomic mass is 16.5. The van der Waals surface area contributed by atoms with Crippen LogP contribution in [0.2, 0.25) is 0 Å². The number of ether oxygens (including phenoxy) is 2. The lowest BCUT2D eigenvalue weighted by Crippen LogP contribution is -2.32. The molecule has 1 aliphatic carbocycles. The summed E-state index contributed by atoms with van der Waals surface area (Å²) < 4.78 is 11.6. The van der Waals surface area contributed by atoms with Crippen LogP contribution in [-0.4, -0.2) is 18.2 Å². The summed E-state index contributed by atoms with van der Waals surface area (Å²) in [5.41, 5.74) is 2.20. The Morgan fingerprint density at radius 3 is 2.67 bits per heavy atom. The molecule has 3 rings (SSSR count). The van der Waals surface area contributed by atoms with Gasteiger partial charge in [-0.15, -0.1) is 0 Å². The van der Waals surface area contributed by atoms with Crippen LogP contribution in [0.5, 0.6) is 5.75 Å². The van der Waals surface area contributed by atoms with Crippen LogP contribution in [0.25, 0.3) is 0 Å². The Labute approximate surface area is 126 Å². The summed E-state index contributed by atoms with van der Waals surface area (Å²) in [6.45, 7) is 6.99. The Bertz CT molecular complexity index is 533. The summed E-state index contributed by atoms with van der Waals surface area (Å²) in [6.07, 6.45) is 4.05. The van der Waals surface area contributed by atoms with Gasteiger partial charge in [-0.25, -0.2) is 0 Å². The van der Waals surface area contributed by atoms with Gasteiger partial charge >= 0.3 is 5.97 Å². The summed E-state index contributed by atoms with van der Waals surface area (Å²) >= 11 is 0. The largest absolute Gasteiger partial charge is 0.426 e. The summed E-state index contributed by atoms with van der Waals surface area (Å²) in [6, 6.07) is 6.16. The van der Waals surface area contributed by atoms with Crippen LogP contribution < -0.4 is 4.74 Å². The van der Waals surface area contributed by atoms with Crippen LogP contribution in [0.4, 0.5) is 0 Å². The van der Waals surface area contributed by atoms with Crippen LogP contribution in [0.1, 0.15) is 56.6 Å². The van der Waals surface area contributed by atoms with Crippen LogP contribution in [0.3, 0.4) is 0 Å². The summed E-state index contributed by atoms with van der Waals surface area (Å²) in [5.74, 6) is 1.11. The van der Waals surface area contributed by atoms with Crippen molar-refractivity contribution in [2.45, 2.75) is 58.0 Å². The van der Waals surface area contributed by atoms with Gasteiger partial charge in [-0.05, 0) is 58.1 Å². The normalized spacial score (nSPS) is 24.6. The van der Waals surface area contributed by atoms with Crippen molar-refractivity contribution in [3.05, 3.63) is 29.3 Å². The summed E-state index contributed by atoms with van der Waals surface area (Å²) in [7, 11) is 0. The molecule has 1 unspecified atom stereocenters. The SMILES string of the molecule is Cc1ccc(C2CCC(C)(C)OC2)c(OC(=O)C2CC2)c1. The Balaban J connectivity index is 1.79. The summed E-state index contributed by atoms with van der Waals surface area (Å²) in [5, 5.41) is 0. The first-order chi connectivity index (χ1) is 9.94. The molecule has 1 heterocycles. The predicted octanol–water partition coefficient (Wildman–Crippen LogP) is 3.98. The first-order valence-corrected chi connectivity index (χ1v) is 7.91. The van der Waals surface area contributed by atoms with Gasteiger partial charge in [0.1, 0.15) is 5.75 Å². The van der Waals surface area contributed by atoms with Gasteiger partial charge in [-0.3, -0.25) is 4.79 Å². The number of esters is 1. The maximum absolute atomic E-state index is 12.0. The maximum Gasteiger partial charge on any atom is 0.314 e. The molecule has 1 aromatic carbocycles. The zero-order chi connectivity index (χ0) is 15.0. The zero-order valence-electron chi connectivity index (χ0n) is 13.1. The number of aryl methyl sites for hydroxylation is 1. The molecule has 1 saturated heterocycles. The molecule has 0 aromatic heterocycles. The van der Waals surface area contributed by atoms with Crippen molar-refractivity contribution in [1.82, 2.24) is 0 Å². The lowest BCUT2D eigenvalue weighted by atomic mass is 9.86. The Hall–Kier alpha value is -1.35. The van der Waals surface area contributed by atoms with E-state index in [1.807, 2.05) is 13.0 Å². The monoisotopic (exact) mass is 288 g/mol. The van der Waals surface area contributed by atoms with E-state index in [0.717, 1.165) is 42.6 Å². The molecule has 2 aliphatic rings. The molecule has 1 aromatic rings. The molecule has 1 atom stereocenters. The smallest absolute Gasteiger partial charge is 0.314 e. The van der Waals surface area contributed by atoms with Gasteiger partial charge in [0.05, 0.1) is 18.1 Å². The third-order valence-corrected chi connectivity index (χ3v) is 4.50. The number of rotatable bonds is 3. The van der Waals surface area contributed by atoms with Crippen molar-refractivity contribution in [2.24, 2.45) is 5.92 Å². The second-order valence-corrected chi connectivity index (χ2v) is 7.04. The van der Waals surface area contributed by atoms with E-state index in [0.29, 0.717) is 12.5 Å². The van der Waals surface area contributed by atoms with Crippen LogP contribution in [-0.2, 0) is 9.53 Å². The quantitative estimate of drug-likeness (QED) is 0.623. The minimum atomic E-state index is -0.0705. The third-order valence-electron chi connectivity index (χ3n) is 4.50. The highest BCUT2D eigenvalue weighted by molar-refractivity contribution is 5.77. The number of hydrogen-bond acceptors (Lipinski definition) is 3. The van der Waals surface area contributed by atoms with Crippen molar-refractivity contribution in [3.63, 3.8) is 0 Å². The molecule has 3 heteroatoms. The average molecular weight is 288 g/mol. The predicted molar refractivity (Wildman–Crippen MR) is 81.5 cm³/mol. The molecule has 0 spiro atoms. The van der Waals surface area contributed by atoms with Crippen molar-refractivity contribution >= 4 is 5.97 Å². The van der Waals surface area contributed by atoms with Crippen molar-refractivity contribution in [2.75, 3.05) is 6.61 Å². The maximum atomic E-state index is 12.0. The third kappa shape index (κ3) is 3.46. The molecule has 0 radical (unpaired) electrons. The van der Waals surface area contributed by atoms with E-state index in [-0.39, 0.29) is 17.5 Å². The molecule has 3 nitrogen and oxygen atoms in total. The Morgan fingerprint density at radius 1 is 1.29 bits per heavy atom. The molecular formula is C18H24O3. The number of carbonyl (C=O) groups is 1. The highest BCUT2D eigenvalue weighted by Crippen LogP contribution is 2.39. The zero-order valence-corrected chi connectivity index (χ0v) is 13.1. The number of carbonyl (C=O) groups excluding carboxylic acids is 1. The Morgan fingerprint density at radius 2 is 2.05 bits per heavy atom. The van der Waals surface area contributed by atoms with Gasteiger partial charge < -0.3 is 9.47 Å². The molecule has 0 N–H and O–H groups in total.